The standard InChI is InChI=1S/C12H18ClNO/c1-14(2)11(8-9-13)10-6-4-5-7-12(10)15-3/h4-7,11H,8-9H2,1-3H3. The molecule has 0 aliphatic rings. The number of hydrogen-bond donors (Lipinski definition) is 0. The number of benzene rings is 1. The molecule has 1 aromatic carbocycles. The number of methoxy groups -OCH3 is 1. The second kappa shape index (κ2) is 5.99. The van der Waals surface area contributed by atoms with Crippen molar-refractivity contribution in [3.05, 3.63) is 29.8 Å². The third kappa shape index (κ3) is 3.11. The van der Waals surface area contributed by atoms with Crippen molar-refractivity contribution in [1.29, 1.82) is 0 Å². The zero-order chi connectivity index (χ0) is 11.3. The van der Waals surface area contributed by atoms with Gasteiger partial charge in [-0.25, -0.2) is 0 Å². The van der Waals surface area contributed by atoms with Gasteiger partial charge in [0.1, 0.15) is 5.75 Å². The molecule has 0 fully saturated rings. The van der Waals surface area contributed by atoms with Crippen LogP contribution in [0.5, 0.6) is 5.75 Å². The first-order chi connectivity index (χ1) is 7.20. The SMILES string of the molecule is COc1ccccc1C(CCCl)N(C)C. The van der Waals surface area contributed by atoms with Crippen LogP contribution in [0.2, 0.25) is 0 Å². The summed E-state index contributed by atoms with van der Waals surface area (Å²) >= 11 is 5.82. The van der Waals surface area contributed by atoms with Gasteiger partial charge in [-0.05, 0) is 26.6 Å². The molecule has 1 unspecified atom stereocenters. The average molecular weight is 228 g/mol. The molecule has 0 spiro atoms. The summed E-state index contributed by atoms with van der Waals surface area (Å²) in [5, 5.41) is 0. The molecule has 1 aromatic rings. The predicted octanol–water partition coefficient (Wildman–Crippen LogP) is 2.93. The van der Waals surface area contributed by atoms with E-state index in [-0.39, 0.29) is 0 Å². The highest BCUT2D eigenvalue weighted by Gasteiger charge is 2.16. The van der Waals surface area contributed by atoms with Crippen LogP contribution in [0.4, 0.5) is 0 Å². The lowest BCUT2D eigenvalue weighted by Gasteiger charge is -2.25. The van der Waals surface area contributed by atoms with Gasteiger partial charge in [-0.2, -0.15) is 0 Å². The number of rotatable bonds is 5. The molecule has 0 aliphatic carbocycles. The van der Waals surface area contributed by atoms with E-state index >= 15 is 0 Å². The maximum Gasteiger partial charge on any atom is 0.123 e. The Kier molecular flexibility index (Phi) is 4.92. The first kappa shape index (κ1) is 12.3. The van der Waals surface area contributed by atoms with Crippen molar-refractivity contribution < 1.29 is 4.74 Å². The molecule has 0 aromatic heterocycles. The number of para-hydroxylation sites is 1. The van der Waals surface area contributed by atoms with E-state index in [1.807, 2.05) is 18.2 Å². The highest BCUT2D eigenvalue weighted by Crippen LogP contribution is 2.30. The van der Waals surface area contributed by atoms with E-state index in [0.29, 0.717) is 11.9 Å². The van der Waals surface area contributed by atoms with Crippen molar-refractivity contribution in [2.24, 2.45) is 0 Å². The molecule has 0 N–H and O–H groups in total. The number of halogens is 1. The van der Waals surface area contributed by atoms with Crippen LogP contribution in [0.1, 0.15) is 18.0 Å². The minimum Gasteiger partial charge on any atom is -0.496 e. The summed E-state index contributed by atoms with van der Waals surface area (Å²) in [5.74, 6) is 1.59. The fraction of sp³-hybridized carbons (Fsp3) is 0.500. The molecule has 3 heteroatoms. The van der Waals surface area contributed by atoms with Crippen LogP contribution in [0.25, 0.3) is 0 Å². The Bertz CT molecular complexity index is 301. The minimum atomic E-state index is 0.318. The summed E-state index contributed by atoms with van der Waals surface area (Å²) in [6, 6.07) is 8.41. The average Bonchev–Trinajstić information content (AvgIpc) is 2.25. The molecule has 0 bridgehead atoms. The van der Waals surface area contributed by atoms with E-state index in [1.165, 1.54) is 5.56 Å². The van der Waals surface area contributed by atoms with E-state index < -0.39 is 0 Å². The van der Waals surface area contributed by atoms with Crippen molar-refractivity contribution >= 4 is 11.6 Å². The van der Waals surface area contributed by atoms with Crippen LogP contribution >= 0.6 is 11.6 Å². The first-order valence-corrected chi connectivity index (χ1v) is 5.59. The highest BCUT2D eigenvalue weighted by molar-refractivity contribution is 6.17. The van der Waals surface area contributed by atoms with Gasteiger partial charge in [0.05, 0.1) is 7.11 Å². The molecule has 0 saturated carbocycles. The van der Waals surface area contributed by atoms with Crippen molar-refractivity contribution in [3.8, 4) is 5.75 Å². The second-order valence-electron chi connectivity index (χ2n) is 3.70. The molecular formula is C12H18ClNO. The van der Waals surface area contributed by atoms with E-state index in [1.54, 1.807) is 7.11 Å². The molecule has 1 rings (SSSR count). The zero-order valence-electron chi connectivity index (χ0n) is 9.53. The minimum absolute atomic E-state index is 0.318. The van der Waals surface area contributed by atoms with Gasteiger partial charge in [0.2, 0.25) is 0 Å². The Morgan fingerprint density at radius 3 is 2.53 bits per heavy atom. The largest absolute Gasteiger partial charge is 0.496 e. The van der Waals surface area contributed by atoms with Gasteiger partial charge in [0.15, 0.2) is 0 Å². The van der Waals surface area contributed by atoms with Gasteiger partial charge >= 0.3 is 0 Å². The Morgan fingerprint density at radius 1 is 1.33 bits per heavy atom. The Morgan fingerprint density at radius 2 is 2.00 bits per heavy atom. The normalized spacial score (nSPS) is 12.9. The van der Waals surface area contributed by atoms with E-state index in [9.17, 15) is 0 Å². The quantitative estimate of drug-likeness (QED) is 0.718. The van der Waals surface area contributed by atoms with Crippen LogP contribution in [0, 0.1) is 0 Å². The van der Waals surface area contributed by atoms with Crippen LogP contribution < -0.4 is 4.74 Å². The lowest BCUT2D eigenvalue weighted by molar-refractivity contribution is 0.283. The molecule has 0 radical (unpaired) electrons. The van der Waals surface area contributed by atoms with Crippen molar-refractivity contribution in [1.82, 2.24) is 4.90 Å². The molecule has 2 nitrogen and oxygen atoms in total. The lowest BCUT2D eigenvalue weighted by atomic mass is 10.0. The van der Waals surface area contributed by atoms with Crippen molar-refractivity contribution in [2.45, 2.75) is 12.5 Å². The van der Waals surface area contributed by atoms with Gasteiger partial charge < -0.3 is 9.64 Å². The predicted molar refractivity (Wildman–Crippen MR) is 64.8 cm³/mol. The fourth-order valence-corrected chi connectivity index (χ4v) is 1.94. The summed E-state index contributed by atoms with van der Waals surface area (Å²) in [6.45, 7) is 0. The molecule has 84 valence electrons. The summed E-state index contributed by atoms with van der Waals surface area (Å²) in [5.41, 5.74) is 1.20. The zero-order valence-corrected chi connectivity index (χ0v) is 10.3. The monoisotopic (exact) mass is 227 g/mol. The molecule has 0 aliphatic heterocycles. The molecule has 15 heavy (non-hydrogen) atoms. The number of ether oxygens (including phenoxy) is 1. The van der Waals surface area contributed by atoms with Crippen LogP contribution in [0.15, 0.2) is 24.3 Å². The molecule has 1 atom stereocenters. The number of alkyl halides is 1. The van der Waals surface area contributed by atoms with E-state index in [4.69, 9.17) is 16.3 Å². The Balaban J connectivity index is 2.98. The van der Waals surface area contributed by atoms with Crippen LogP contribution in [-0.2, 0) is 0 Å². The van der Waals surface area contributed by atoms with E-state index in [0.717, 1.165) is 12.2 Å². The number of hydrogen-bond acceptors (Lipinski definition) is 2. The third-order valence-electron chi connectivity index (χ3n) is 2.50. The Labute approximate surface area is 96.8 Å². The smallest absolute Gasteiger partial charge is 0.123 e. The van der Waals surface area contributed by atoms with Gasteiger partial charge in [0, 0.05) is 17.5 Å². The van der Waals surface area contributed by atoms with Crippen molar-refractivity contribution in [3.63, 3.8) is 0 Å². The fourth-order valence-electron chi connectivity index (χ4n) is 1.74. The van der Waals surface area contributed by atoms with Crippen LogP contribution in [-0.4, -0.2) is 32.0 Å². The summed E-state index contributed by atoms with van der Waals surface area (Å²) in [7, 11) is 5.82. The van der Waals surface area contributed by atoms with Gasteiger partial charge in [-0.15, -0.1) is 11.6 Å². The lowest BCUT2D eigenvalue weighted by Crippen LogP contribution is -2.20. The summed E-state index contributed by atoms with van der Waals surface area (Å²) in [4.78, 5) is 2.17. The molecule has 0 saturated heterocycles. The molecule has 0 heterocycles. The first-order valence-electron chi connectivity index (χ1n) is 5.06. The highest BCUT2D eigenvalue weighted by atomic mass is 35.5. The third-order valence-corrected chi connectivity index (χ3v) is 2.72. The van der Waals surface area contributed by atoms with Gasteiger partial charge in [0.25, 0.3) is 0 Å². The maximum atomic E-state index is 5.82. The Hall–Kier alpha value is -0.730. The summed E-state index contributed by atoms with van der Waals surface area (Å²) in [6.07, 6.45) is 0.926. The molecule has 0 amide bonds. The molecular weight excluding hydrogens is 210 g/mol. The summed E-state index contributed by atoms with van der Waals surface area (Å²) < 4.78 is 5.35. The topological polar surface area (TPSA) is 12.5 Å². The number of nitrogens with zero attached hydrogens (tertiary/aromatic N) is 1. The second-order valence-corrected chi connectivity index (χ2v) is 4.08. The van der Waals surface area contributed by atoms with Crippen molar-refractivity contribution in [2.75, 3.05) is 27.1 Å². The van der Waals surface area contributed by atoms with Gasteiger partial charge in [-0.3, -0.25) is 0 Å². The van der Waals surface area contributed by atoms with Crippen LogP contribution in [0.3, 0.4) is 0 Å². The van der Waals surface area contributed by atoms with E-state index in [2.05, 4.69) is 25.1 Å². The van der Waals surface area contributed by atoms with Gasteiger partial charge in [-0.1, -0.05) is 18.2 Å². The maximum absolute atomic E-state index is 5.82.